The number of thioether (sulfide) groups is 1. The topological polar surface area (TPSA) is 62.2 Å². The molecule has 0 aliphatic rings. The molecule has 2 aromatic rings. The molecular formula is C17H18Cl2N2O2S. The number of rotatable bonds is 7. The normalized spacial score (nSPS) is 12.0. The number of nitrogens with one attached hydrogen (secondary N) is 1. The maximum absolute atomic E-state index is 12.0. The summed E-state index contributed by atoms with van der Waals surface area (Å²) in [5.74, 6) is -0.135. The van der Waals surface area contributed by atoms with Crippen LogP contribution < -0.4 is 5.32 Å². The Balaban J connectivity index is 1.77. The highest BCUT2D eigenvalue weighted by Crippen LogP contribution is 2.37. The molecule has 128 valence electrons. The molecule has 0 saturated heterocycles. The first-order chi connectivity index (χ1) is 11.5. The van der Waals surface area contributed by atoms with E-state index in [4.69, 9.17) is 23.2 Å². The molecule has 0 bridgehead atoms. The Bertz CT molecular complexity index is 675. The van der Waals surface area contributed by atoms with Crippen LogP contribution in [0.4, 0.5) is 0 Å². The largest absolute Gasteiger partial charge is 0.505 e. The molecule has 0 aliphatic heterocycles. The van der Waals surface area contributed by atoms with Gasteiger partial charge in [-0.3, -0.25) is 9.78 Å². The summed E-state index contributed by atoms with van der Waals surface area (Å²) < 4.78 is 0. The number of halogens is 2. The molecule has 1 amide bonds. The molecule has 7 heteroatoms. The molecule has 0 spiro atoms. The summed E-state index contributed by atoms with van der Waals surface area (Å²) in [5.41, 5.74) is 0.952. The molecule has 0 fully saturated rings. The molecule has 1 aromatic heterocycles. The number of pyridine rings is 1. The van der Waals surface area contributed by atoms with Crippen molar-refractivity contribution in [3.63, 3.8) is 0 Å². The number of phenols is 1. The van der Waals surface area contributed by atoms with E-state index in [1.165, 1.54) is 11.8 Å². The highest BCUT2D eigenvalue weighted by atomic mass is 35.5. The lowest BCUT2D eigenvalue weighted by Crippen LogP contribution is -2.27. The molecule has 4 nitrogen and oxygen atoms in total. The fourth-order valence-corrected chi connectivity index (χ4v) is 3.78. The van der Waals surface area contributed by atoms with E-state index in [2.05, 4.69) is 10.3 Å². The summed E-state index contributed by atoms with van der Waals surface area (Å²) in [7, 11) is 0. The van der Waals surface area contributed by atoms with Gasteiger partial charge >= 0.3 is 0 Å². The Labute approximate surface area is 155 Å². The third-order valence-corrected chi connectivity index (χ3v) is 4.88. The number of carbonyl (C=O) groups is 1. The number of benzene rings is 1. The maximum atomic E-state index is 12.0. The number of hydrogen-bond acceptors (Lipinski definition) is 4. The fraction of sp³-hybridized carbons (Fsp3) is 0.294. The van der Waals surface area contributed by atoms with Gasteiger partial charge in [-0.15, -0.1) is 11.8 Å². The van der Waals surface area contributed by atoms with Gasteiger partial charge in [-0.25, -0.2) is 0 Å². The van der Waals surface area contributed by atoms with E-state index in [0.29, 0.717) is 19.4 Å². The predicted octanol–water partition coefficient (Wildman–Crippen LogP) is 4.32. The number of aromatic nitrogens is 1. The Kier molecular flexibility index (Phi) is 7.21. The molecule has 1 unspecified atom stereocenters. The number of nitrogens with zero attached hydrogens (tertiary/aromatic N) is 1. The van der Waals surface area contributed by atoms with Crippen LogP contribution in [0.5, 0.6) is 5.75 Å². The number of phenolic OH excluding ortho intramolecular Hbond substituents is 1. The van der Waals surface area contributed by atoms with Crippen LogP contribution in [-0.4, -0.2) is 27.8 Å². The fourth-order valence-electron chi connectivity index (χ4n) is 2.09. The zero-order chi connectivity index (χ0) is 17.5. The van der Waals surface area contributed by atoms with Crippen LogP contribution in [0.2, 0.25) is 10.0 Å². The molecule has 2 N–H and O–H groups in total. The average molecular weight is 385 g/mol. The van der Waals surface area contributed by atoms with Crippen molar-refractivity contribution < 1.29 is 9.90 Å². The first kappa shape index (κ1) is 18.9. The van der Waals surface area contributed by atoms with E-state index in [-0.39, 0.29) is 27.0 Å². The van der Waals surface area contributed by atoms with E-state index in [9.17, 15) is 9.90 Å². The number of amides is 1. The smallest absolute Gasteiger partial charge is 0.221 e. The number of carbonyl (C=O) groups excluding carboxylic acids is 1. The Morgan fingerprint density at radius 3 is 2.67 bits per heavy atom. The van der Waals surface area contributed by atoms with Gasteiger partial charge in [-0.1, -0.05) is 36.2 Å². The number of aromatic hydroxyl groups is 1. The first-order valence-electron chi connectivity index (χ1n) is 7.47. The predicted molar refractivity (Wildman–Crippen MR) is 99.0 cm³/mol. The van der Waals surface area contributed by atoms with Crippen molar-refractivity contribution in [1.82, 2.24) is 10.3 Å². The summed E-state index contributed by atoms with van der Waals surface area (Å²) in [6.45, 7) is 2.52. The van der Waals surface area contributed by atoms with Gasteiger partial charge in [0.05, 0.1) is 10.0 Å². The Morgan fingerprint density at radius 1 is 1.33 bits per heavy atom. The van der Waals surface area contributed by atoms with Gasteiger partial charge in [0, 0.05) is 41.4 Å². The zero-order valence-electron chi connectivity index (χ0n) is 13.1. The highest BCUT2D eigenvalue weighted by molar-refractivity contribution is 8.00. The second-order valence-corrected chi connectivity index (χ2v) is 7.62. The lowest BCUT2D eigenvalue weighted by Gasteiger charge is -2.12. The molecule has 2 rings (SSSR count). The van der Waals surface area contributed by atoms with Gasteiger partial charge in [-0.2, -0.15) is 0 Å². The number of hydrogen-bond donors (Lipinski definition) is 2. The Hall–Kier alpha value is -1.43. The molecule has 1 heterocycles. The maximum Gasteiger partial charge on any atom is 0.221 e. The highest BCUT2D eigenvalue weighted by Gasteiger charge is 2.13. The van der Waals surface area contributed by atoms with Crippen LogP contribution in [0, 0.1) is 0 Å². The van der Waals surface area contributed by atoms with Gasteiger partial charge < -0.3 is 10.4 Å². The van der Waals surface area contributed by atoms with Crippen molar-refractivity contribution in [2.75, 3.05) is 6.54 Å². The molecule has 0 aliphatic carbocycles. The van der Waals surface area contributed by atoms with Crippen LogP contribution >= 0.6 is 35.0 Å². The van der Waals surface area contributed by atoms with Crippen molar-refractivity contribution >= 4 is 40.9 Å². The summed E-state index contributed by atoms with van der Waals surface area (Å²) in [6.07, 6.45) is 2.82. The molecular weight excluding hydrogens is 367 g/mol. The van der Waals surface area contributed by atoms with Crippen molar-refractivity contribution in [2.45, 2.75) is 29.9 Å². The van der Waals surface area contributed by atoms with Crippen molar-refractivity contribution in [3.05, 3.63) is 52.3 Å². The second kappa shape index (κ2) is 9.16. The summed E-state index contributed by atoms with van der Waals surface area (Å²) in [4.78, 5) is 17.0. The van der Waals surface area contributed by atoms with E-state index in [1.54, 1.807) is 18.3 Å². The van der Waals surface area contributed by atoms with Crippen molar-refractivity contribution in [3.8, 4) is 5.75 Å². The molecule has 0 radical (unpaired) electrons. The van der Waals surface area contributed by atoms with Crippen molar-refractivity contribution in [2.24, 2.45) is 0 Å². The van der Waals surface area contributed by atoms with E-state index in [1.807, 2.05) is 25.1 Å². The minimum absolute atomic E-state index is 0.0121. The van der Waals surface area contributed by atoms with E-state index < -0.39 is 0 Å². The lowest BCUT2D eigenvalue weighted by atomic mass is 10.2. The van der Waals surface area contributed by atoms with Crippen molar-refractivity contribution in [1.29, 1.82) is 0 Å². The molecule has 24 heavy (non-hydrogen) atoms. The SMILES string of the molecule is CC(CC(=O)NCCc1ccccn1)Sc1cc(Cl)c(O)c(Cl)c1. The van der Waals surface area contributed by atoms with Gasteiger partial charge in [0.15, 0.2) is 5.75 Å². The van der Waals surface area contributed by atoms with Crippen LogP contribution in [0.3, 0.4) is 0 Å². The quantitative estimate of drug-likeness (QED) is 0.697. The standard InChI is InChI=1S/C17H18Cl2N2O2S/c1-11(24-13-9-14(18)17(23)15(19)10-13)8-16(22)21-7-5-12-4-2-3-6-20-12/h2-4,6,9-11,23H,5,7-8H2,1H3,(H,21,22). The van der Waals surface area contributed by atoms with E-state index >= 15 is 0 Å². The summed E-state index contributed by atoms with van der Waals surface area (Å²) in [6, 6.07) is 9.01. The average Bonchev–Trinajstić information content (AvgIpc) is 2.53. The van der Waals surface area contributed by atoms with Crippen LogP contribution in [0.25, 0.3) is 0 Å². The summed E-state index contributed by atoms with van der Waals surface area (Å²) >= 11 is 13.3. The molecule has 1 atom stereocenters. The van der Waals surface area contributed by atoms with E-state index in [0.717, 1.165) is 10.6 Å². The monoisotopic (exact) mass is 384 g/mol. The van der Waals surface area contributed by atoms with Gasteiger partial charge in [0.2, 0.25) is 5.91 Å². The Morgan fingerprint density at radius 2 is 2.04 bits per heavy atom. The zero-order valence-corrected chi connectivity index (χ0v) is 15.5. The molecule has 1 aromatic carbocycles. The third kappa shape index (κ3) is 5.89. The minimum atomic E-state index is -0.123. The lowest BCUT2D eigenvalue weighted by molar-refractivity contribution is -0.120. The first-order valence-corrected chi connectivity index (χ1v) is 9.10. The van der Waals surface area contributed by atoms with Gasteiger partial charge in [-0.05, 0) is 24.3 Å². The minimum Gasteiger partial charge on any atom is -0.505 e. The van der Waals surface area contributed by atoms with Crippen LogP contribution in [-0.2, 0) is 11.2 Å². The van der Waals surface area contributed by atoms with Crippen LogP contribution in [0.15, 0.2) is 41.4 Å². The van der Waals surface area contributed by atoms with Gasteiger partial charge in [0.25, 0.3) is 0 Å². The summed E-state index contributed by atoms with van der Waals surface area (Å²) in [5, 5.41) is 12.9. The van der Waals surface area contributed by atoms with Gasteiger partial charge in [0.1, 0.15) is 0 Å². The van der Waals surface area contributed by atoms with Crippen LogP contribution in [0.1, 0.15) is 19.0 Å². The molecule has 0 saturated carbocycles. The third-order valence-electron chi connectivity index (χ3n) is 3.23. The second-order valence-electron chi connectivity index (χ2n) is 5.29.